The number of carboxylic acids is 1. The van der Waals surface area contributed by atoms with Crippen LogP contribution < -0.4 is 4.65 Å². The van der Waals surface area contributed by atoms with E-state index in [4.69, 9.17) is 15.2 Å². The van der Waals surface area contributed by atoms with Crippen LogP contribution in [0.2, 0.25) is 5.82 Å². The smallest absolute Gasteiger partial charge is 0.526 e. The molecule has 0 aliphatic carbocycles. The molecular weight excluding hydrogens is 223 g/mol. The average molecular weight is 234 g/mol. The minimum Gasteiger partial charge on any atom is -0.534 e. The van der Waals surface area contributed by atoms with Crippen LogP contribution in [0.4, 0.5) is 0 Å². The van der Waals surface area contributed by atoms with E-state index in [0.717, 1.165) is 0 Å². The molecule has 6 nitrogen and oxygen atoms in total. The molecule has 17 heavy (non-hydrogen) atoms. The fourth-order valence-corrected chi connectivity index (χ4v) is 1.88. The molecule has 2 heterocycles. The molecule has 0 bridgehead atoms. The number of carboxylic acid groups (broad SMARTS) is 1. The first kappa shape index (κ1) is 11.6. The number of aromatic carboxylic acids is 1. The Morgan fingerprint density at radius 2 is 2.53 bits per heavy atom. The Kier molecular flexibility index (Phi) is 3.10. The summed E-state index contributed by atoms with van der Waals surface area (Å²) >= 11 is 0. The summed E-state index contributed by atoms with van der Waals surface area (Å²) in [6.07, 6.45) is 3.49. The van der Waals surface area contributed by atoms with Crippen molar-refractivity contribution >= 4 is 19.3 Å². The standard InChI is InChI=1S/C10H11BN2O4/c12-3-1-7-5-6-2-4-13-8(10(14)15)9(6)17-11(7)16/h2-4,7,12,16H,1,5H2,(H,14,15)/t7-/m1/s1. The Labute approximate surface area is 97.9 Å². The van der Waals surface area contributed by atoms with Gasteiger partial charge in [-0.3, -0.25) is 0 Å². The SMILES string of the molecule is N=CC[C@@H]1Cc2ccnc(C(=O)O)c2OB1O. The zero-order valence-corrected chi connectivity index (χ0v) is 8.96. The number of nitrogens with one attached hydrogen (secondary N) is 1. The van der Waals surface area contributed by atoms with Gasteiger partial charge >= 0.3 is 13.1 Å². The number of pyridine rings is 1. The summed E-state index contributed by atoms with van der Waals surface area (Å²) in [6.45, 7) is 0. The van der Waals surface area contributed by atoms with Gasteiger partial charge in [-0.1, -0.05) is 0 Å². The maximum Gasteiger partial charge on any atom is 0.526 e. The zero-order valence-electron chi connectivity index (χ0n) is 8.96. The second-order valence-corrected chi connectivity index (χ2v) is 3.87. The third-order valence-corrected chi connectivity index (χ3v) is 2.73. The topological polar surface area (TPSA) is 104 Å². The maximum atomic E-state index is 10.9. The van der Waals surface area contributed by atoms with Crippen LogP contribution in [0.5, 0.6) is 5.75 Å². The van der Waals surface area contributed by atoms with Crippen molar-refractivity contribution in [1.29, 1.82) is 5.41 Å². The highest BCUT2D eigenvalue weighted by Crippen LogP contribution is 2.34. The van der Waals surface area contributed by atoms with Gasteiger partial charge in [0.25, 0.3) is 0 Å². The molecule has 1 aromatic heterocycles. The van der Waals surface area contributed by atoms with Crippen LogP contribution in [0.1, 0.15) is 22.5 Å². The largest absolute Gasteiger partial charge is 0.534 e. The highest BCUT2D eigenvalue weighted by molar-refractivity contribution is 6.46. The number of hydrogen-bond donors (Lipinski definition) is 3. The lowest BCUT2D eigenvalue weighted by atomic mass is 9.65. The molecule has 0 fully saturated rings. The Hall–Kier alpha value is -1.89. The van der Waals surface area contributed by atoms with Crippen molar-refractivity contribution in [3.63, 3.8) is 0 Å². The number of rotatable bonds is 3. The maximum absolute atomic E-state index is 10.9. The molecule has 1 aliphatic heterocycles. The molecule has 0 saturated heterocycles. The monoisotopic (exact) mass is 234 g/mol. The van der Waals surface area contributed by atoms with E-state index in [9.17, 15) is 9.82 Å². The quantitative estimate of drug-likeness (QED) is 0.524. The molecule has 7 heteroatoms. The highest BCUT2D eigenvalue weighted by atomic mass is 16.5. The van der Waals surface area contributed by atoms with Crippen LogP contribution in [0.15, 0.2) is 12.3 Å². The van der Waals surface area contributed by atoms with E-state index < -0.39 is 13.1 Å². The van der Waals surface area contributed by atoms with E-state index in [1.165, 1.54) is 12.4 Å². The molecule has 3 N–H and O–H groups in total. The van der Waals surface area contributed by atoms with Crippen molar-refractivity contribution < 1.29 is 19.6 Å². The van der Waals surface area contributed by atoms with E-state index >= 15 is 0 Å². The van der Waals surface area contributed by atoms with Crippen LogP contribution >= 0.6 is 0 Å². The predicted molar refractivity (Wildman–Crippen MR) is 60.7 cm³/mol. The fraction of sp³-hybridized carbons (Fsp3) is 0.300. The molecule has 1 aliphatic rings. The second-order valence-electron chi connectivity index (χ2n) is 3.87. The third kappa shape index (κ3) is 2.14. The Morgan fingerprint density at radius 1 is 1.76 bits per heavy atom. The van der Waals surface area contributed by atoms with Crippen molar-refractivity contribution in [2.24, 2.45) is 0 Å². The fourth-order valence-electron chi connectivity index (χ4n) is 1.88. The average Bonchev–Trinajstić information content (AvgIpc) is 2.29. The van der Waals surface area contributed by atoms with Crippen LogP contribution in [0.25, 0.3) is 0 Å². The van der Waals surface area contributed by atoms with Crippen molar-refractivity contribution in [1.82, 2.24) is 4.98 Å². The van der Waals surface area contributed by atoms with Gasteiger partial charge in [0.05, 0.1) is 0 Å². The number of nitrogens with zero attached hydrogens (tertiary/aromatic N) is 1. The van der Waals surface area contributed by atoms with E-state index in [1.807, 2.05) is 0 Å². The Bertz CT molecular complexity index is 466. The number of aromatic nitrogens is 1. The summed E-state index contributed by atoms with van der Waals surface area (Å²) in [4.78, 5) is 14.6. The normalized spacial score (nSPS) is 18.2. The Balaban J connectivity index is 2.37. The molecule has 1 aromatic rings. The van der Waals surface area contributed by atoms with Crippen LogP contribution in [-0.4, -0.2) is 34.4 Å². The first-order valence-corrected chi connectivity index (χ1v) is 5.18. The number of hydrogen-bond acceptors (Lipinski definition) is 5. The second kappa shape index (κ2) is 4.54. The van der Waals surface area contributed by atoms with Crippen LogP contribution in [-0.2, 0) is 6.42 Å². The van der Waals surface area contributed by atoms with Crippen LogP contribution in [0, 0.1) is 5.41 Å². The van der Waals surface area contributed by atoms with Gasteiger partial charge in [0.1, 0.15) is 5.75 Å². The van der Waals surface area contributed by atoms with Crippen molar-refractivity contribution in [3.8, 4) is 5.75 Å². The first-order valence-electron chi connectivity index (χ1n) is 5.18. The lowest BCUT2D eigenvalue weighted by Gasteiger charge is -2.26. The van der Waals surface area contributed by atoms with Gasteiger partial charge in [-0.15, -0.1) is 0 Å². The zero-order chi connectivity index (χ0) is 12.4. The molecule has 88 valence electrons. The van der Waals surface area contributed by atoms with Crippen molar-refractivity contribution in [3.05, 3.63) is 23.5 Å². The van der Waals surface area contributed by atoms with E-state index in [0.29, 0.717) is 18.4 Å². The third-order valence-electron chi connectivity index (χ3n) is 2.73. The van der Waals surface area contributed by atoms with E-state index in [-0.39, 0.29) is 17.3 Å². The summed E-state index contributed by atoms with van der Waals surface area (Å²) < 4.78 is 5.20. The minimum absolute atomic E-state index is 0.133. The molecule has 0 unspecified atom stereocenters. The van der Waals surface area contributed by atoms with Gasteiger partial charge in [0, 0.05) is 12.0 Å². The molecule has 0 aromatic carbocycles. The Morgan fingerprint density at radius 3 is 3.18 bits per heavy atom. The van der Waals surface area contributed by atoms with E-state index in [1.54, 1.807) is 6.07 Å². The number of carbonyl (C=O) groups is 1. The first-order chi connectivity index (χ1) is 8.13. The van der Waals surface area contributed by atoms with Crippen LogP contribution in [0.3, 0.4) is 0 Å². The summed E-state index contributed by atoms with van der Waals surface area (Å²) in [5.41, 5.74) is 0.518. The van der Waals surface area contributed by atoms with E-state index in [2.05, 4.69) is 4.98 Å². The molecule has 0 radical (unpaired) electrons. The molecule has 1 atom stereocenters. The summed E-state index contributed by atoms with van der Waals surface area (Å²) in [5, 5.41) is 25.7. The number of fused-ring (bicyclic) bond motifs is 1. The highest BCUT2D eigenvalue weighted by Gasteiger charge is 2.36. The van der Waals surface area contributed by atoms with Gasteiger partial charge in [-0.25, -0.2) is 9.78 Å². The predicted octanol–water partition coefficient (Wildman–Crippen LogP) is 0.605. The lowest BCUT2D eigenvalue weighted by molar-refractivity contribution is 0.0687. The molecule has 0 amide bonds. The van der Waals surface area contributed by atoms with Gasteiger partial charge < -0.3 is 20.2 Å². The van der Waals surface area contributed by atoms with Gasteiger partial charge in [0.2, 0.25) is 0 Å². The van der Waals surface area contributed by atoms with Gasteiger partial charge in [0.15, 0.2) is 5.69 Å². The summed E-state index contributed by atoms with van der Waals surface area (Å²) in [5.74, 6) is -1.27. The lowest BCUT2D eigenvalue weighted by Crippen LogP contribution is -2.35. The van der Waals surface area contributed by atoms with Gasteiger partial charge in [-0.05, 0) is 30.7 Å². The summed E-state index contributed by atoms with van der Waals surface area (Å²) in [6, 6.07) is 1.67. The molecule has 0 saturated carbocycles. The molecule has 2 rings (SSSR count). The van der Waals surface area contributed by atoms with Crippen molar-refractivity contribution in [2.75, 3.05) is 0 Å². The van der Waals surface area contributed by atoms with Gasteiger partial charge in [-0.2, -0.15) is 0 Å². The summed E-state index contributed by atoms with van der Waals surface area (Å²) in [7, 11) is -1.09. The van der Waals surface area contributed by atoms with Crippen molar-refractivity contribution in [2.45, 2.75) is 18.7 Å². The molecule has 0 spiro atoms. The molecular formula is C10H11BN2O4. The minimum atomic E-state index is -1.18.